The zero-order chi connectivity index (χ0) is 10.2. The summed E-state index contributed by atoms with van der Waals surface area (Å²) in [5.74, 6) is 3.48. The zero-order valence-corrected chi connectivity index (χ0v) is 10.1. The van der Waals surface area contributed by atoms with E-state index in [9.17, 15) is 4.79 Å². The summed E-state index contributed by atoms with van der Waals surface area (Å²) in [4.78, 5) is 11.3. The van der Waals surface area contributed by atoms with E-state index >= 15 is 0 Å². The molecular formula is C11H13IO2. The van der Waals surface area contributed by atoms with Crippen LogP contribution >= 0.6 is 22.6 Å². The minimum Gasteiger partial charge on any atom is -0.458 e. The Kier molecular flexibility index (Phi) is 2.74. The van der Waals surface area contributed by atoms with Crippen LogP contribution in [0.15, 0.2) is 0 Å². The lowest BCUT2D eigenvalue weighted by Crippen LogP contribution is -2.40. The van der Waals surface area contributed by atoms with Gasteiger partial charge < -0.3 is 4.74 Å². The number of hydrogen-bond acceptors (Lipinski definition) is 2. The molecule has 2 aliphatic rings. The third kappa shape index (κ3) is 1.35. The molecule has 0 radical (unpaired) electrons. The third-order valence-electron chi connectivity index (χ3n) is 3.54. The minimum atomic E-state index is -0.218. The summed E-state index contributed by atoms with van der Waals surface area (Å²) in [6.07, 6.45) is 8.91. The molecular weight excluding hydrogens is 291 g/mol. The van der Waals surface area contributed by atoms with Crippen molar-refractivity contribution in [1.29, 1.82) is 0 Å². The Balaban J connectivity index is 2.23. The Labute approximate surface area is 97.9 Å². The molecule has 0 N–H and O–H groups in total. The topological polar surface area (TPSA) is 26.3 Å². The van der Waals surface area contributed by atoms with Crippen molar-refractivity contribution in [3.8, 4) is 12.3 Å². The highest BCUT2D eigenvalue weighted by atomic mass is 127. The smallest absolute Gasteiger partial charge is 0.306 e. The lowest BCUT2D eigenvalue weighted by atomic mass is 9.85. The van der Waals surface area contributed by atoms with E-state index in [4.69, 9.17) is 11.2 Å². The van der Waals surface area contributed by atoms with Gasteiger partial charge in [-0.1, -0.05) is 22.6 Å². The van der Waals surface area contributed by atoms with Gasteiger partial charge in [0.15, 0.2) is 0 Å². The summed E-state index contributed by atoms with van der Waals surface area (Å²) in [5.41, 5.74) is -0.218. The summed E-state index contributed by atoms with van der Waals surface area (Å²) < 4.78 is 6.43. The number of terminal acetylenes is 1. The number of carbonyl (C=O) groups is 1. The summed E-state index contributed by atoms with van der Waals surface area (Å²) in [6.45, 7) is 0. The lowest BCUT2D eigenvalue weighted by Gasteiger charge is -2.31. The summed E-state index contributed by atoms with van der Waals surface area (Å²) in [7, 11) is 0. The maximum Gasteiger partial charge on any atom is 0.306 e. The number of halogens is 1. The van der Waals surface area contributed by atoms with Crippen LogP contribution in [0.2, 0.25) is 0 Å². The maximum absolute atomic E-state index is 11.3. The van der Waals surface area contributed by atoms with E-state index in [1.54, 1.807) is 0 Å². The Morgan fingerprint density at radius 2 is 2.43 bits per heavy atom. The second kappa shape index (κ2) is 3.73. The molecule has 0 bridgehead atoms. The molecule has 0 amide bonds. The molecule has 2 nitrogen and oxygen atoms in total. The molecule has 3 unspecified atom stereocenters. The van der Waals surface area contributed by atoms with Crippen LogP contribution in [-0.4, -0.2) is 16.0 Å². The van der Waals surface area contributed by atoms with Crippen molar-refractivity contribution < 1.29 is 9.53 Å². The Bertz CT molecular complexity index is 294. The fourth-order valence-electron chi connectivity index (χ4n) is 2.78. The minimum absolute atomic E-state index is 0.0339. The number of carbonyl (C=O) groups excluding carboxylic acids is 1. The first-order valence-electron chi connectivity index (χ1n) is 4.94. The molecule has 1 saturated carbocycles. The van der Waals surface area contributed by atoms with E-state index in [0.717, 1.165) is 23.7 Å². The molecule has 3 atom stereocenters. The van der Waals surface area contributed by atoms with Crippen LogP contribution in [0.5, 0.6) is 0 Å². The van der Waals surface area contributed by atoms with Gasteiger partial charge in [0.05, 0.1) is 6.42 Å². The zero-order valence-electron chi connectivity index (χ0n) is 7.96. The van der Waals surface area contributed by atoms with E-state index < -0.39 is 0 Å². The van der Waals surface area contributed by atoms with Crippen LogP contribution in [0.1, 0.15) is 25.7 Å². The maximum atomic E-state index is 11.3. The monoisotopic (exact) mass is 304 g/mol. The number of hydrogen-bond donors (Lipinski definition) is 0. The van der Waals surface area contributed by atoms with E-state index in [1.807, 2.05) is 0 Å². The van der Waals surface area contributed by atoms with Crippen LogP contribution in [0.4, 0.5) is 0 Å². The average Bonchev–Trinajstić information content (AvgIpc) is 2.63. The van der Waals surface area contributed by atoms with Gasteiger partial charge in [0.1, 0.15) is 5.60 Å². The highest BCUT2D eigenvalue weighted by Crippen LogP contribution is 2.51. The Morgan fingerprint density at radius 1 is 1.64 bits per heavy atom. The van der Waals surface area contributed by atoms with Gasteiger partial charge in [-0.2, -0.15) is 0 Å². The quantitative estimate of drug-likeness (QED) is 0.338. The number of rotatable bonds is 2. The van der Waals surface area contributed by atoms with Gasteiger partial charge in [-0.15, -0.1) is 12.3 Å². The molecule has 1 aliphatic carbocycles. The highest BCUT2D eigenvalue weighted by molar-refractivity contribution is 14.1. The molecule has 0 aromatic carbocycles. The normalized spacial score (nSPS) is 40.4. The van der Waals surface area contributed by atoms with Crippen LogP contribution in [-0.2, 0) is 9.53 Å². The second-order valence-electron chi connectivity index (χ2n) is 4.15. The first-order valence-corrected chi connectivity index (χ1v) is 6.46. The van der Waals surface area contributed by atoms with Gasteiger partial charge in [0, 0.05) is 22.7 Å². The molecule has 0 spiro atoms. The van der Waals surface area contributed by atoms with E-state index in [2.05, 4.69) is 28.5 Å². The number of alkyl halides is 1. The van der Waals surface area contributed by atoms with Crippen LogP contribution < -0.4 is 0 Å². The van der Waals surface area contributed by atoms with Gasteiger partial charge in [-0.25, -0.2) is 0 Å². The first kappa shape index (κ1) is 10.3. The molecule has 1 heterocycles. The van der Waals surface area contributed by atoms with Crippen molar-refractivity contribution in [3.63, 3.8) is 0 Å². The van der Waals surface area contributed by atoms with Gasteiger partial charge in [-0.3, -0.25) is 4.79 Å². The van der Waals surface area contributed by atoms with Crippen molar-refractivity contribution in [3.05, 3.63) is 0 Å². The van der Waals surface area contributed by atoms with Crippen molar-refractivity contribution in [2.45, 2.75) is 31.3 Å². The molecule has 2 fully saturated rings. The largest absolute Gasteiger partial charge is 0.458 e. The van der Waals surface area contributed by atoms with Crippen LogP contribution in [0, 0.1) is 24.2 Å². The molecule has 3 heteroatoms. The lowest BCUT2D eigenvalue weighted by molar-refractivity contribution is -0.150. The fourth-order valence-corrected chi connectivity index (χ4v) is 4.18. The predicted octanol–water partition coefficient (Wildman–Crippen LogP) is 2.16. The van der Waals surface area contributed by atoms with Crippen molar-refractivity contribution >= 4 is 28.6 Å². The second-order valence-corrected chi connectivity index (χ2v) is 4.91. The average molecular weight is 304 g/mol. The Morgan fingerprint density at radius 3 is 3.07 bits per heavy atom. The number of ether oxygens (including phenoxy) is 1. The van der Waals surface area contributed by atoms with Crippen molar-refractivity contribution in [2.75, 3.05) is 4.43 Å². The highest BCUT2D eigenvalue weighted by Gasteiger charge is 2.56. The van der Waals surface area contributed by atoms with Crippen LogP contribution in [0.3, 0.4) is 0 Å². The van der Waals surface area contributed by atoms with Crippen LogP contribution in [0.25, 0.3) is 0 Å². The fraction of sp³-hybridized carbons (Fsp3) is 0.727. The summed E-state index contributed by atoms with van der Waals surface area (Å²) in [6, 6.07) is 0. The first-order chi connectivity index (χ1) is 6.73. The van der Waals surface area contributed by atoms with Crippen molar-refractivity contribution in [1.82, 2.24) is 0 Å². The van der Waals surface area contributed by atoms with E-state index in [1.165, 1.54) is 0 Å². The molecule has 1 aliphatic heterocycles. The van der Waals surface area contributed by atoms with Gasteiger partial charge >= 0.3 is 5.97 Å². The molecule has 76 valence electrons. The summed E-state index contributed by atoms with van der Waals surface area (Å²) >= 11 is 2.32. The van der Waals surface area contributed by atoms with Gasteiger partial charge in [0.2, 0.25) is 0 Å². The Hall–Kier alpha value is -0.240. The SMILES string of the molecule is C#CCC1CCC2CC(=O)OC12CI. The third-order valence-corrected chi connectivity index (χ3v) is 4.73. The molecule has 1 saturated heterocycles. The molecule has 14 heavy (non-hydrogen) atoms. The molecule has 0 aromatic rings. The van der Waals surface area contributed by atoms with E-state index in [0.29, 0.717) is 18.3 Å². The summed E-state index contributed by atoms with van der Waals surface area (Å²) in [5, 5.41) is 0. The standard InChI is InChI=1S/C11H13IO2/c1-2-3-8-4-5-9-6-10(13)14-11(8,9)7-12/h1,8-9H,3-7H2. The molecule has 2 rings (SSSR count). The van der Waals surface area contributed by atoms with Gasteiger partial charge in [-0.05, 0) is 12.8 Å². The number of fused-ring (bicyclic) bond motifs is 1. The van der Waals surface area contributed by atoms with E-state index in [-0.39, 0.29) is 11.6 Å². The number of esters is 1. The van der Waals surface area contributed by atoms with Gasteiger partial charge in [0.25, 0.3) is 0 Å². The predicted molar refractivity (Wildman–Crippen MR) is 62.0 cm³/mol. The van der Waals surface area contributed by atoms with Crippen molar-refractivity contribution in [2.24, 2.45) is 11.8 Å². The molecule has 0 aromatic heterocycles.